The Balaban J connectivity index is 1.89. The number of hydrogen-bond donors (Lipinski definition) is 1. The van der Waals surface area contributed by atoms with Crippen LogP contribution in [0.2, 0.25) is 5.02 Å². The van der Waals surface area contributed by atoms with E-state index in [0.717, 1.165) is 4.68 Å². The maximum absolute atomic E-state index is 12.9. The van der Waals surface area contributed by atoms with Crippen LogP contribution in [-0.4, -0.2) is 42.0 Å². The van der Waals surface area contributed by atoms with E-state index >= 15 is 0 Å². The summed E-state index contributed by atoms with van der Waals surface area (Å²) in [7, 11) is 1.24. The van der Waals surface area contributed by atoms with Crippen molar-refractivity contribution < 1.29 is 23.1 Å². The Bertz CT molecular complexity index is 827. The van der Waals surface area contributed by atoms with Gasteiger partial charge in [0.1, 0.15) is 10.7 Å². The fraction of sp³-hybridized carbons (Fsp3) is 0.500. The molecule has 2 aromatic heterocycles. The number of aliphatic hydroxyl groups excluding tert-OH is 1. The van der Waals surface area contributed by atoms with Crippen LogP contribution in [0.3, 0.4) is 0 Å². The second-order valence-electron chi connectivity index (χ2n) is 5.82. The average Bonchev–Trinajstić information content (AvgIpc) is 3.06. The van der Waals surface area contributed by atoms with Crippen molar-refractivity contribution in [2.75, 3.05) is 6.54 Å². The van der Waals surface area contributed by atoms with Gasteiger partial charge in [0.05, 0.1) is 30.6 Å². The number of aryl methyl sites for hydroxylation is 1. The third kappa shape index (κ3) is 3.11. The van der Waals surface area contributed by atoms with Gasteiger partial charge in [-0.05, 0) is 13.0 Å². The second-order valence-corrected chi connectivity index (χ2v) is 6.20. The van der Waals surface area contributed by atoms with Gasteiger partial charge in [0.2, 0.25) is 0 Å². The number of nitrogens with zero attached hydrogens (tertiary/aromatic N) is 5. The van der Waals surface area contributed by atoms with E-state index in [9.17, 15) is 23.1 Å². The largest absolute Gasteiger partial charge is 0.436 e. The fourth-order valence-corrected chi connectivity index (χ4v) is 3.08. The van der Waals surface area contributed by atoms with Gasteiger partial charge in [-0.15, -0.1) is 0 Å². The zero-order chi connectivity index (χ0) is 18.5. The summed E-state index contributed by atoms with van der Waals surface area (Å²) in [6.45, 7) is 2.36. The number of halogens is 4. The molecule has 3 heterocycles. The van der Waals surface area contributed by atoms with Crippen molar-refractivity contribution in [1.29, 1.82) is 0 Å². The molecule has 0 radical (unpaired) electrons. The monoisotopic (exact) mass is 377 g/mol. The smallest absolute Gasteiger partial charge is 0.387 e. The number of fused-ring (bicyclic) bond motifs is 1. The van der Waals surface area contributed by atoms with Crippen molar-refractivity contribution in [2.24, 2.45) is 7.05 Å². The Morgan fingerprint density at radius 3 is 2.60 bits per heavy atom. The van der Waals surface area contributed by atoms with Crippen LogP contribution in [0.25, 0.3) is 0 Å². The minimum Gasteiger partial charge on any atom is -0.387 e. The normalized spacial score (nSPS) is 16.0. The average molecular weight is 378 g/mol. The molecule has 0 unspecified atom stereocenters. The summed E-state index contributed by atoms with van der Waals surface area (Å²) in [5.74, 6) is -0.637. The van der Waals surface area contributed by atoms with Gasteiger partial charge in [0, 0.05) is 13.6 Å². The first kappa shape index (κ1) is 17.7. The third-order valence-electron chi connectivity index (χ3n) is 3.99. The van der Waals surface area contributed by atoms with Crippen molar-refractivity contribution in [3.8, 4) is 0 Å². The van der Waals surface area contributed by atoms with Gasteiger partial charge in [-0.3, -0.25) is 14.2 Å². The van der Waals surface area contributed by atoms with Crippen LogP contribution in [0.4, 0.5) is 13.2 Å². The molecular formula is C14H15ClF3N5O2. The standard InChI is InChI=1S/C14H15ClF3N5O2/c1-7(24)9-5-8-6-22(3-4-23(8)19-9)13(25)11-10(15)12(14(16,17)18)20-21(11)2/h5,7,24H,3-4,6H2,1-2H3/t7-/m0/s1. The van der Waals surface area contributed by atoms with E-state index in [-0.39, 0.29) is 18.8 Å². The molecule has 136 valence electrons. The van der Waals surface area contributed by atoms with Crippen LogP contribution in [0.5, 0.6) is 0 Å². The number of hydrogen-bond acceptors (Lipinski definition) is 4. The summed E-state index contributed by atoms with van der Waals surface area (Å²) < 4.78 is 41.2. The van der Waals surface area contributed by atoms with Crippen molar-refractivity contribution >= 4 is 17.5 Å². The van der Waals surface area contributed by atoms with E-state index < -0.39 is 28.9 Å². The van der Waals surface area contributed by atoms with E-state index in [1.54, 1.807) is 17.7 Å². The maximum atomic E-state index is 12.9. The van der Waals surface area contributed by atoms with Crippen molar-refractivity contribution in [3.05, 3.63) is 33.9 Å². The molecule has 7 nitrogen and oxygen atoms in total. The summed E-state index contributed by atoms with van der Waals surface area (Å²) in [5, 5.41) is 16.4. The number of aliphatic hydroxyl groups is 1. The summed E-state index contributed by atoms with van der Waals surface area (Å²) in [4.78, 5) is 14.0. The van der Waals surface area contributed by atoms with Crippen LogP contribution in [0.15, 0.2) is 6.07 Å². The highest BCUT2D eigenvalue weighted by Gasteiger charge is 2.40. The zero-order valence-electron chi connectivity index (χ0n) is 13.4. The number of carbonyl (C=O) groups is 1. The quantitative estimate of drug-likeness (QED) is 0.868. The van der Waals surface area contributed by atoms with Gasteiger partial charge in [0.25, 0.3) is 5.91 Å². The Kier molecular flexibility index (Phi) is 4.28. The number of alkyl halides is 3. The van der Waals surface area contributed by atoms with Gasteiger partial charge in [-0.25, -0.2) is 0 Å². The molecule has 1 N–H and O–H groups in total. The molecule has 1 amide bonds. The van der Waals surface area contributed by atoms with Gasteiger partial charge < -0.3 is 10.0 Å². The molecule has 1 aliphatic rings. The lowest BCUT2D eigenvalue weighted by Crippen LogP contribution is -2.39. The Morgan fingerprint density at radius 1 is 1.36 bits per heavy atom. The molecule has 25 heavy (non-hydrogen) atoms. The molecule has 3 rings (SSSR count). The van der Waals surface area contributed by atoms with Crippen LogP contribution in [0.1, 0.15) is 40.6 Å². The summed E-state index contributed by atoms with van der Waals surface area (Å²) >= 11 is 5.77. The minimum atomic E-state index is -4.74. The third-order valence-corrected chi connectivity index (χ3v) is 4.35. The SMILES string of the molecule is C[C@H](O)c1cc2n(n1)CCN(C(=O)c1c(Cl)c(C(F)(F)F)nn1C)C2. The summed E-state index contributed by atoms with van der Waals surface area (Å²) in [6.07, 6.45) is -5.48. The molecule has 0 saturated heterocycles. The second kappa shape index (κ2) is 6.03. The Hall–Kier alpha value is -2.07. The molecule has 0 spiro atoms. The van der Waals surface area contributed by atoms with Crippen LogP contribution in [0, 0.1) is 0 Å². The predicted molar refractivity (Wildman–Crippen MR) is 80.8 cm³/mol. The number of carbonyl (C=O) groups excluding carboxylic acids is 1. The molecule has 1 atom stereocenters. The topological polar surface area (TPSA) is 76.2 Å². The van der Waals surface area contributed by atoms with E-state index in [1.807, 2.05) is 0 Å². The van der Waals surface area contributed by atoms with Crippen LogP contribution in [-0.2, 0) is 26.3 Å². The molecule has 11 heteroatoms. The van der Waals surface area contributed by atoms with Crippen molar-refractivity contribution in [3.63, 3.8) is 0 Å². The fourth-order valence-electron chi connectivity index (χ4n) is 2.73. The lowest BCUT2D eigenvalue weighted by atomic mass is 10.2. The highest BCUT2D eigenvalue weighted by Crippen LogP contribution is 2.36. The molecular weight excluding hydrogens is 363 g/mol. The van der Waals surface area contributed by atoms with E-state index in [0.29, 0.717) is 17.9 Å². The first-order valence-electron chi connectivity index (χ1n) is 7.43. The van der Waals surface area contributed by atoms with Crippen LogP contribution >= 0.6 is 11.6 Å². The Labute approximate surface area is 145 Å². The van der Waals surface area contributed by atoms with Crippen molar-refractivity contribution in [1.82, 2.24) is 24.5 Å². The number of rotatable bonds is 2. The number of amides is 1. The van der Waals surface area contributed by atoms with Gasteiger partial charge in [-0.2, -0.15) is 23.4 Å². The van der Waals surface area contributed by atoms with Crippen LogP contribution < -0.4 is 0 Å². The highest BCUT2D eigenvalue weighted by molar-refractivity contribution is 6.34. The summed E-state index contributed by atoms with van der Waals surface area (Å²) in [5.41, 5.74) is -0.428. The molecule has 0 aromatic carbocycles. The molecule has 0 saturated carbocycles. The predicted octanol–water partition coefficient (Wildman–Crippen LogP) is 2.00. The first-order valence-corrected chi connectivity index (χ1v) is 7.81. The van der Waals surface area contributed by atoms with Gasteiger partial charge in [-0.1, -0.05) is 11.6 Å². The minimum absolute atomic E-state index is 0.154. The van der Waals surface area contributed by atoms with Gasteiger partial charge >= 0.3 is 6.18 Å². The summed E-state index contributed by atoms with van der Waals surface area (Å²) in [6, 6.07) is 1.66. The number of aromatic nitrogens is 4. The molecule has 1 aliphatic heterocycles. The maximum Gasteiger partial charge on any atom is 0.436 e. The lowest BCUT2D eigenvalue weighted by molar-refractivity contribution is -0.141. The molecule has 0 aliphatic carbocycles. The highest BCUT2D eigenvalue weighted by atomic mass is 35.5. The molecule has 2 aromatic rings. The lowest BCUT2D eigenvalue weighted by Gasteiger charge is -2.27. The Morgan fingerprint density at radius 2 is 2.04 bits per heavy atom. The zero-order valence-corrected chi connectivity index (χ0v) is 14.1. The van der Waals surface area contributed by atoms with Gasteiger partial charge in [0.15, 0.2) is 5.69 Å². The molecule has 0 bridgehead atoms. The van der Waals surface area contributed by atoms with E-state index in [1.165, 1.54) is 11.9 Å². The van der Waals surface area contributed by atoms with Crippen molar-refractivity contribution in [2.45, 2.75) is 32.3 Å². The van der Waals surface area contributed by atoms with E-state index in [4.69, 9.17) is 11.6 Å². The first-order chi connectivity index (χ1) is 11.6. The molecule has 0 fully saturated rings. The van der Waals surface area contributed by atoms with E-state index in [2.05, 4.69) is 10.2 Å².